The molecule has 0 aliphatic heterocycles. The quantitative estimate of drug-likeness (QED) is 0.315. The molecule has 1 amide bonds. The summed E-state index contributed by atoms with van der Waals surface area (Å²) in [5.74, 6) is -1.58. The fourth-order valence-corrected chi connectivity index (χ4v) is 3.52. The number of carboxylic acid groups (broad SMARTS) is 1. The van der Waals surface area contributed by atoms with Crippen LogP contribution in [0.5, 0.6) is 11.5 Å². The number of fused-ring (bicyclic) bond motifs is 3. The number of phenolic OH excluding ortho intramolecular Hbond substituents is 1. The lowest BCUT2D eigenvalue weighted by molar-refractivity contribution is -0.142. The summed E-state index contributed by atoms with van der Waals surface area (Å²) in [6.45, 7) is 1.27. The van der Waals surface area contributed by atoms with Gasteiger partial charge in [-0.3, -0.25) is 4.79 Å². The van der Waals surface area contributed by atoms with Crippen molar-refractivity contribution >= 4 is 33.6 Å². The van der Waals surface area contributed by atoms with Gasteiger partial charge in [-0.1, -0.05) is 30.3 Å². The molecule has 1 aromatic heterocycles. The Bertz CT molecular complexity index is 1390. The van der Waals surface area contributed by atoms with Crippen molar-refractivity contribution in [3.05, 3.63) is 82.2 Å². The number of rotatable bonds is 6. The highest BCUT2D eigenvalue weighted by atomic mass is 16.5. The van der Waals surface area contributed by atoms with Gasteiger partial charge in [0.05, 0.1) is 5.39 Å². The molecular formula is C24H19NO7. The third-order valence-corrected chi connectivity index (χ3v) is 5.13. The monoisotopic (exact) mass is 433 g/mol. The summed E-state index contributed by atoms with van der Waals surface area (Å²) in [6.07, 6.45) is 0. The van der Waals surface area contributed by atoms with Crippen molar-refractivity contribution in [2.75, 3.05) is 6.61 Å². The molecule has 0 aliphatic carbocycles. The summed E-state index contributed by atoms with van der Waals surface area (Å²) in [4.78, 5) is 36.2. The topological polar surface area (TPSA) is 126 Å². The van der Waals surface area contributed by atoms with Crippen molar-refractivity contribution < 1.29 is 29.0 Å². The maximum atomic E-state index is 12.4. The number of amides is 1. The molecule has 8 heteroatoms. The van der Waals surface area contributed by atoms with E-state index in [0.717, 1.165) is 10.8 Å². The highest BCUT2D eigenvalue weighted by molar-refractivity contribution is 6.05. The lowest BCUT2D eigenvalue weighted by atomic mass is 10.0. The van der Waals surface area contributed by atoms with Gasteiger partial charge in [0.2, 0.25) is 0 Å². The van der Waals surface area contributed by atoms with Gasteiger partial charge in [-0.2, -0.15) is 0 Å². The fraction of sp³-hybridized carbons (Fsp3) is 0.125. The van der Waals surface area contributed by atoms with Crippen molar-refractivity contribution in [2.45, 2.75) is 13.0 Å². The Labute approximate surface area is 181 Å². The number of nitrogens with one attached hydrogen (secondary N) is 1. The minimum atomic E-state index is -1.30. The van der Waals surface area contributed by atoms with Gasteiger partial charge in [0.1, 0.15) is 17.1 Å². The molecule has 0 aliphatic rings. The molecule has 162 valence electrons. The van der Waals surface area contributed by atoms with Crippen LogP contribution in [0.1, 0.15) is 17.2 Å². The Balaban J connectivity index is 1.54. The number of aryl methyl sites for hydroxylation is 1. The Morgan fingerprint density at radius 1 is 1.00 bits per heavy atom. The third kappa shape index (κ3) is 3.98. The van der Waals surface area contributed by atoms with Gasteiger partial charge in [-0.05, 0) is 48.2 Å². The van der Waals surface area contributed by atoms with E-state index in [4.69, 9.17) is 9.15 Å². The number of aromatic hydroxyl groups is 1. The molecule has 0 bridgehead atoms. The predicted octanol–water partition coefficient (Wildman–Crippen LogP) is 3.28. The molecule has 0 radical (unpaired) electrons. The summed E-state index contributed by atoms with van der Waals surface area (Å²) >= 11 is 0. The summed E-state index contributed by atoms with van der Waals surface area (Å²) in [5, 5.41) is 23.2. The van der Waals surface area contributed by atoms with Crippen LogP contribution in [0, 0.1) is 6.92 Å². The van der Waals surface area contributed by atoms with Gasteiger partial charge in [-0.25, -0.2) is 9.59 Å². The van der Waals surface area contributed by atoms with E-state index >= 15 is 0 Å². The standard InChI is InChI=1S/C24H19NO7/c1-13-19(11-10-17-16-4-2-3-5-18(16)24(30)32-22(13)17)31-12-20(27)25-21(23(28)29)14-6-8-15(26)9-7-14/h2-11,21,26H,12H2,1H3,(H,25,27)(H,28,29)/t21-/m0/s1. The SMILES string of the molecule is Cc1c(OCC(=O)N[C@H](C(=O)O)c2ccc(O)cc2)ccc2c1oc(=O)c1ccccc12. The molecule has 0 saturated heterocycles. The largest absolute Gasteiger partial charge is 0.508 e. The first kappa shape index (κ1) is 20.9. The molecule has 0 unspecified atom stereocenters. The van der Waals surface area contributed by atoms with E-state index < -0.39 is 30.2 Å². The molecule has 8 nitrogen and oxygen atoms in total. The zero-order valence-electron chi connectivity index (χ0n) is 17.0. The summed E-state index contributed by atoms with van der Waals surface area (Å²) in [6, 6.07) is 14.7. The van der Waals surface area contributed by atoms with Crippen molar-refractivity contribution in [1.82, 2.24) is 5.32 Å². The lowest BCUT2D eigenvalue weighted by Crippen LogP contribution is -2.36. The Morgan fingerprint density at radius 2 is 1.69 bits per heavy atom. The van der Waals surface area contributed by atoms with Crippen LogP contribution in [0.4, 0.5) is 0 Å². The van der Waals surface area contributed by atoms with Crippen molar-refractivity contribution in [3.63, 3.8) is 0 Å². The number of benzene rings is 3. The molecule has 4 aromatic rings. The van der Waals surface area contributed by atoms with Crippen LogP contribution in [-0.2, 0) is 9.59 Å². The average Bonchev–Trinajstić information content (AvgIpc) is 2.78. The number of aliphatic carboxylic acids is 1. The van der Waals surface area contributed by atoms with E-state index in [1.807, 2.05) is 12.1 Å². The Kier molecular flexibility index (Phi) is 5.51. The van der Waals surface area contributed by atoms with Crippen molar-refractivity contribution in [2.24, 2.45) is 0 Å². The molecule has 0 spiro atoms. The van der Waals surface area contributed by atoms with Gasteiger partial charge < -0.3 is 24.7 Å². The van der Waals surface area contributed by atoms with E-state index in [0.29, 0.717) is 27.8 Å². The summed E-state index contributed by atoms with van der Waals surface area (Å²) in [5.41, 5.74) is 0.745. The molecule has 0 fully saturated rings. The average molecular weight is 433 g/mol. The van der Waals surface area contributed by atoms with Crippen molar-refractivity contribution in [1.29, 1.82) is 0 Å². The number of carboxylic acids is 1. The van der Waals surface area contributed by atoms with Crippen LogP contribution in [0.25, 0.3) is 21.7 Å². The van der Waals surface area contributed by atoms with Gasteiger partial charge in [0.15, 0.2) is 12.6 Å². The first-order valence-electron chi connectivity index (χ1n) is 9.74. The van der Waals surface area contributed by atoms with E-state index in [1.165, 1.54) is 24.3 Å². The van der Waals surface area contributed by atoms with E-state index in [9.17, 15) is 24.6 Å². The van der Waals surface area contributed by atoms with Crippen molar-refractivity contribution in [3.8, 4) is 11.5 Å². The fourth-order valence-electron chi connectivity index (χ4n) is 3.52. The molecule has 1 heterocycles. The summed E-state index contributed by atoms with van der Waals surface area (Å²) in [7, 11) is 0. The second-order valence-electron chi connectivity index (χ2n) is 7.22. The molecule has 1 atom stereocenters. The van der Waals surface area contributed by atoms with Gasteiger partial charge in [-0.15, -0.1) is 0 Å². The number of phenols is 1. The minimum absolute atomic E-state index is 0.0150. The van der Waals surface area contributed by atoms with E-state index in [2.05, 4.69) is 5.32 Å². The predicted molar refractivity (Wildman–Crippen MR) is 117 cm³/mol. The number of hydrogen-bond donors (Lipinski definition) is 3. The molecule has 3 aromatic carbocycles. The smallest absolute Gasteiger partial charge is 0.344 e. The first-order valence-corrected chi connectivity index (χ1v) is 9.74. The van der Waals surface area contributed by atoms with Crippen LogP contribution in [0.15, 0.2) is 69.9 Å². The normalized spacial score (nSPS) is 11.9. The number of ether oxygens (including phenoxy) is 1. The maximum Gasteiger partial charge on any atom is 0.344 e. The Hall–Kier alpha value is -4.33. The highest BCUT2D eigenvalue weighted by Crippen LogP contribution is 2.30. The van der Waals surface area contributed by atoms with Crippen LogP contribution in [-0.4, -0.2) is 28.7 Å². The lowest BCUT2D eigenvalue weighted by Gasteiger charge is -2.16. The highest BCUT2D eigenvalue weighted by Gasteiger charge is 2.22. The molecule has 4 rings (SSSR count). The zero-order valence-corrected chi connectivity index (χ0v) is 17.0. The van der Waals surface area contributed by atoms with E-state index in [1.54, 1.807) is 31.2 Å². The first-order chi connectivity index (χ1) is 15.3. The molecular weight excluding hydrogens is 414 g/mol. The van der Waals surface area contributed by atoms with E-state index in [-0.39, 0.29) is 5.75 Å². The van der Waals surface area contributed by atoms with Gasteiger partial charge in [0.25, 0.3) is 5.91 Å². The van der Waals surface area contributed by atoms with Gasteiger partial charge >= 0.3 is 11.6 Å². The van der Waals surface area contributed by atoms with Crippen LogP contribution in [0.2, 0.25) is 0 Å². The zero-order chi connectivity index (χ0) is 22.8. The number of carbonyl (C=O) groups is 2. The van der Waals surface area contributed by atoms with Crippen LogP contribution < -0.4 is 15.7 Å². The van der Waals surface area contributed by atoms with Gasteiger partial charge in [0, 0.05) is 10.9 Å². The van der Waals surface area contributed by atoms with Crippen LogP contribution >= 0.6 is 0 Å². The number of hydrogen-bond acceptors (Lipinski definition) is 6. The Morgan fingerprint density at radius 3 is 2.38 bits per heavy atom. The second kappa shape index (κ2) is 8.43. The maximum absolute atomic E-state index is 12.4. The molecule has 32 heavy (non-hydrogen) atoms. The molecule has 0 saturated carbocycles. The molecule has 3 N–H and O–H groups in total. The summed E-state index contributed by atoms with van der Waals surface area (Å²) < 4.78 is 11.1. The van der Waals surface area contributed by atoms with Crippen LogP contribution in [0.3, 0.4) is 0 Å². The second-order valence-corrected chi connectivity index (χ2v) is 7.22. The third-order valence-electron chi connectivity index (χ3n) is 5.13. The number of carbonyl (C=O) groups excluding carboxylic acids is 1. The minimum Gasteiger partial charge on any atom is -0.508 e.